The van der Waals surface area contributed by atoms with Crippen LogP contribution < -0.4 is 5.73 Å². The number of H-pyrrole nitrogens is 1. The van der Waals surface area contributed by atoms with Gasteiger partial charge >= 0.3 is 0 Å². The Kier molecular flexibility index (Phi) is 1.81. The minimum atomic E-state index is 0.411. The molecule has 1 aromatic carbocycles. The van der Waals surface area contributed by atoms with E-state index in [1.54, 1.807) is 0 Å². The molecule has 0 saturated carbocycles. The van der Waals surface area contributed by atoms with Crippen molar-refractivity contribution in [3.8, 4) is 0 Å². The summed E-state index contributed by atoms with van der Waals surface area (Å²) in [5.74, 6) is 0. The first kappa shape index (κ1) is 8.26. The zero-order valence-corrected chi connectivity index (χ0v) is 8.11. The number of nitrogens with two attached hydrogens (primary N) is 1. The first-order chi connectivity index (χ1) is 6.16. The lowest BCUT2D eigenvalue weighted by Crippen LogP contribution is -2.09. The van der Waals surface area contributed by atoms with E-state index in [0.29, 0.717) is 4.99 Å². The number of rotatable bonds is 1. The van der Waals surface area contributed by atoms with Gasteiger partial charge in [0.15, 0.2) is 0 Å². The topological polar surface area (TPSA) is 41.8 Å². The van der Waals surface area contributed by atoms with Gasteiger partial charge in [0.1, 0.15) is 4.99 Å². The molecule has 2 rings (SSSR count). The predicted octanol–water partition coefficient (Wildman–Crippen LogP) is 2.11. The second-order valence-electron chi connectivity index (χ2n) is 3.14. The number of aryl methyl sites for hydroxylation is 1. The third kappa shape index (κ3) is 1.42. The predicted molar refractivity (Wildman–Crippen MR) is 58.9 cm³/mol. The summed E-state index contributed by atoms with van der Waals surface area (Å²) < 4.78 is 0. The molecule has 0 fully saturated rings. The van der Waals surface area contributed by atoms with E-state index in [4.69, 9.17) is 18.0 Å². The van der Waals surface area contributed by atoms with Crippen LogP contribution in [0.3, 0.4) is 0 Å². The Morgan fingerprint density at radius 2 is 2.15 bits per heavy atom. The van der Waals surface area contributed by atoms with Gasteiger partial charge in [-0.2, -0.15) is 0 Å². The summed E-state index contributed by atoms with van der Waals surface area (Å²) in [6.45, 7) is 2.06. The van der Waals surface area contributed by atoms with Crippen molar-refractivity contribution in [2.24, 2.45) is 5.73 Å². The molecular weight excluding hydrogens is 180 g/mol. The standard InChI is InChI=1S/C10H10N2S/c1-6-2-3-8-7(4-6)5-9(12-8)10(11)13/h2-5,12H,1H3,(H2,11,13). The number of fused-ring (bicyclic) bond motifs is 1. The molecule has 2 nitrogen and oxygen atoms in total. The zero-order valence-electron chi connectivity index (χ0n) is 7.29. The number of thiocarbonyl (C=S) groups is 1. The van der Waals surface area contributed by atoms with Crippen LogP contribution in [0.15, 0.2) is 24.3 Å². The Morgan fingerprint density at radius 3 is 2.85 bits per heavy atom. The van der Waals surface area contributed by atoms with E-state index in [0.717, 1.165) is 16.6 Å². The number of nitrogens with one attached hydrogen (secondary N) is 1. The molecule has 2 aromatic rings. The summed E-state index contributed by atoms with van der Waals surface area (Å²) >= 11 is 4.88. The van der Waals surface area contributed by atoms with E-state index in [1.165, 1.54) is 5.56 Å². The molecule has 3 N–H and O–H groups in total. The monoisotopic (exact) mass is 190 g/mol. The number of hydrogen-bond acceptors (Lipinski definition) is 1. The molecular formula is C10H10N2S. The maximum absolute atomic E-state index is 5.52. The van der Waals surface area contributed by atoms with Gasteiger partial charge < -0.3 is 10.7 Å². The van der Waals surface area contributed by atoms with Gasteiger partial charge in [0.25, 0.3) is 0 Å². The highest BCUT2D eigenvalue weighted by Crippen LogP contribution is 2.16. The largest absolute Gasteiger partial charge is 0.388 e. The molecule has 1 heterocycles. The maximum Gasteiger partial charge on any atom is 0.120 e. The molecule has 0 aliphatic carbocycles. The fourth-order valence-corrected chi connectivity index (χ4v) is 1.49. The minimum absolute atomic E-state index is 0.411. The first-order valence-electron chi connectivity index (χ1n) is 4.06. The molecule has 3 heteroatoms. The van der Waals surface area contributed by atoms with Crippen molar-refractivity contribution < 1.29 is 0 Å². The summed E-state index contributed by atoms with van der Waals surface area (Å²) in [4.78, 5) is 3.57. The highest BCUT2D eigenvalue weighted by atomic mass is 32.1. The molecule has 0 aliphatic heterocycles. The lowest BCUT2D eigenvalue weighted by molar-refractivity contribution is 1.41. The van der Waals surface area contributed by atoms with Crippen LogP contribution in [0.4, 0.5) is 0 Å². The van der Waals surface area contributed by atoms with Crippen LogP contribution in [0.5, 0.6) is 0 Å². The quantitative estimate of drug-likeness (QED) is 0.676. The molecule has 13 heavy (non-hydrogen) atoms. The van der Waals surface area contributed by atoms with Crippen LogP contribution in [-0.2, 0) is 0 Å². The summed E-state index contributed by atoms with van der Waals surface area (Å²) in [5.41, 5.74) is 8.66. The zero-order chi connectivity index (χ0) is 9.42. The van der Waals surface area contributed by atoms with Gasteiger partial charge in [0, 0.05) is 10.9 Å². The molecule has 0 amide bonds. The van der Waals surface area contributed by atoms with Crippen molar-refractivity contribution in [1.29, 1.82) is 0 Å². The molecule has 1 aromatic heterocycles. The van der Waals surface area contributed by atoms with Gasteiger partial charge in [-0.1, -0.05) is 23.8 Å². The molecule has 0 aliphatic rings. The molecule has 0 radical (unpaired) electrons. The number of aromatic nitrogens is 1. The highest BCUT2D eigenvalue weighted by Gasteiger charge is 2.01. The van der Waals surface area contributed by atoms with E-state index in [1.807, 2.05) is 12.1 Å². The van der Waals surface area contributed by atoms with E-state index >= 15 is 0 Å². The second kappa shape index (κ2) is 2.85. The van der Waals surface area contributed by atoms with Crippen molar-refractivity contribution >= 4 is 28.1 Å². The summed E-state index contributed by atoms with van der Waals surface area (Å²) in [6, 6.07) is 8.17. The lowest BCUT2D eigenvalue weighted by Gasteiger charge is -1.90. The number of benzene rings is 1. The van der Waals surface area contributed by atoms with Crippen molar-refractivity contribution in [3.05, 3.63) is 35.5 Å². The first-order valence-corrected chi connectivity index (χ1v) is 4.47. The fraction of sp³-hybridized carbons (Fsp3) is 0.100. The molecule has 0 unspecified atom stereocenters. The van der Waals surface area contributed by atoms with Crippen molar-refractivity contribution in [3.63, 3.8) is 0 Å². The molecule has 0 bridgehead atoms. The van der Waals surface area contributed by atoms with Gasteiger partial charge in [-0.25, -0.2) is 0 Å². The SMILES string of the molecule is Cc1ccc2[nH]c(C(N)=S)cc2c1. The summed E-state index contributed by atoms with van der Waals surface area (Å²) in [5, 5.41) is 1.16. The van der Waals surface area contributed by atoms with E-state index in [9.17, 15) is 0 Å². The Morgan fingerprint density at radius 1 is 1.38 bits per heavy atom. The number of hydrogen-bond donors (Lipinski definition) is 2. The third-order valence-electron chi connectivity index (χ3n) is 2.04. The van der Waals surface area contributed by atoms with E-state index in [2.05, 4.69) is 24.0 Å². The smallest absolute Gasteiger partial charge is 0.120 e. The second-order valence-corrected chi connectivity index (χ2v) is 3.58. The average molecular weight is 190 g/mol. The maximum atomic E-state index is 5.52. The van der Waals surface area contributed by atoms with Gasteiger partial charge in [-0.15, -0.1) is 0 Å². The lowest BCUT2D eigenvalue weighted by atomic mass is 10.2. The van der Waals surface area contributed by atoms with Crippen LogP contribution in [0.1, 0.15) is 11.3 Å². The third-order valence-corrected chi connectivity index (χ3v) is 2.26. The van der Waals surface area contributed by atoms with Crippen LogP contribution >= 0.6 is 12.2 Å². The van der Waals surface area contributed by atoms with Crippen LogP contribution in [0.25, 0.3) is 10.9 Å². The highest BCUT2D eigenvalue weighted by molar-refractivity contribution is 7.80. The van der Waals surface area contributed by atoms with Crippen molar-refractivity contribution in [2.75, 3.05) is 0 Å². The van der Waals surface area contributed by atoms with Gasteiger partial charge in [-0.05, 0) is 25.1 Å². The Labute approximate surface area is 81.8 Å². The molecule has 0 spiro atoms. The van der Waals surface area contributed by atoms with Gasteiger partial charge in [-0.3, -0.25) is 0 Å². The molecule has 66 valence electrons. The average Bonchev–Trinajstić information content (AvgIpc) is 2.46. The van der Waals surface area contributed by atoms with E-state index < -0.39 is 0 Å². The summed E-state index contributed by atoms with van der Waals surface area (Å²) in [7, 11) is 0. The van der Waals surface area contributed by atoms with E-state index in [-0.39, 0.29) is 0 Å². The van der Waals surface area contributed by atoms with Crippen molar-refractivity contribution in [2.45, 2.75) is 6.92 Å². The summed E-state index contributed by atoms with van der Waals surface area (Å²) in [6.07, 6.45) is 0. The van der Waals surface area contributed by atoms with Crippen LogP contribution in [-0.4, -0.2) is 9.97 Å². The van der Waals surface area contributed by atoms with Crippen molar-refractivity contribution in [1.82, 2.24) is 4.98 Å². The van der Waals surface area contributed by atoms with Gasteiger partial charge in [0.05, 0.1) is 5.69 Å². The van der Waals surface area contributed by atoms with Gasteiger partial charge in [0.2, 0.25) is 0 Å². The fourth-order valence-electron chi connectivity index (χ4n) is 1.38. The number of aromatic amines is 1. The Balaban J connectivity index is 2.68. The Hall–Kier alpha value is -1.35. The van der Waals surface area contributed by atoms with Crippen LogP contribution in [0.2, 0.25) is 0 Å². The molecule has 0 saturated heterocycles. The van der Waals surface area contributed by atoms with Crippen LogP contribution in [0, 0.1) is 6.92 Å². The minimum Gasteiger partial charge on any atom is -0.388 e. The Bertz CT molecular complexity index is 471. The normalized spacial score (nSPS) is 10.5. The molecule has 0 atom stereocenters.